The quantitative estimate of drug-likeness (QED) is 0.578. The van der Waals surface area contributed by atoms with E-state index in [1.54, 1.807) is 24.3 Å². The summed E-state index contributed by atoms with van der Waals surface area (Å²) in [5, 5.41) is 3.79. The molecule has 164 valence electrons. The zero-order chi connectivity index (χ0) is 22.2. The molecule has 0 unspecified atom stereocenters. The molecule has 0 bridgehead atoms. The van der Waals surface area contributed by atoms with Crippen molar-refractivity contribution in [1.29, 1.82) is 0 Å². The van der Waals surface area contributed by atoms with Crippen molar-refractivity contribution in [2.24, 2.45) is 5.92 Å². The smallest absolute Gasteiger partial charge is 0.433 e. The summed E-state index contributed by atoms with van der Waals surface area (Å²) in [4.78, 5) is 19.2. The predicted octanol–water partition coefficient (Wildman–Crippen LogP) is 4.22. The van der Waals surface area contributed by atoms with Crippen LogP contribution in [-0.4, -0.2) is 52.2 Å². The molecule has 1 saturated heterocycles. The standard InChI is InChI=1S/C22H23F3N4O2/c1-14-5-7-16(8-6-14)18-10-19(22(23,24)25)29-20(27-18)17(11-26-29)21(30)31-13-15-4-3-9-28(2)12-15/h5-8,10-11,15H,3-4,9,12-13H2,1-2H3/t15-/m1/s1. The van der Waals surface area contributed by atoms with Gasteiger partial charge in [-0.2, -0.15) is 18.3 Å². The van der Waals surface area contributed by atoms with Crippen molar-refractivity contribution in [2.45, 2.75) is 25.9 Å². The molecule has 1 fully saturated rings. The lowest BCUT2D eigenvalue weighted by Gasteiger charge is -2.29. The first-order chi connectivity index (χ1) is 14.7. The molecule has 1 aromatic carbocycles. The normalized spacial score (nSPS) is 17.8. The Morgan fingerprint density at radius 3 is 2.68 bits per heavy atom. The lowest BCUT2D eigenvalue weighted by Crippen LogP contribution is -2.34. The number of aryl methyl sites for hydroxylation is 1. The first-order valence-corrected chi connectivity index (χ1v) is 10.1. The average Bonchev–Trinajstić information content (AvgIpc) is 3.15. The summed E-state index contributed by atoms with van der Waals surface area (Å²) >= 11 is 0. The third-order valence-electron chi connectivity index (χ3n) is 5.50. The second-order valence-electron chi connectivity index (χ2n) is 8.05. The molecular weight excluding hydrogens is 409 g/mol. The molecule has 1 atom stereocenters. The maximum atomic E-state index is 13.7. The summed E-state index contributed by atoms with van der Waals surface area (Å²) in [6.45, 7) is 3.92. The van der Waals surface area contributed by atoms with Gasteiger partial charge in [0.05, 0.1) is 18.5 Å². The van der Waals surface area contributed by atoms with Crippen LogP contribution >= 0.6 is 0 Å². The van der Waals surface area contributed by atoms with E-state index in [0.29, 0.717) is 10.1 Å². The molecule has 0 amide bonds. The van der Waals surface area contributed by atoms with E-state index in [1.165, 1.54) is 0 Å². The highest BCUT2D eigenvalue weighted by atomic mass is 19.4. The minimum absolute atomic E-state index is 0.0800. The molecule has 0 N–H and O–H groups in total. The Hall–Kier alpha value is -2.94. The van der Waals surface area contributed by atoms with Crippen LogP contribution in [0.25, 0.3) is 16.9 Å². The molecular formula is C22H23F3N4O2. The van der Waals surface area contributed by atoms with E-state index in [0.717, 1.165) is 43.8 Å². The predicted molar refractivity (Wildman–Crippen MR) is 109 cm³/mol. The lowest BCUT2D eigenvalue weighted by atomic mass is 10.00. The molecule has 0 aliphatic carbocycles. The van der Waals surface area contributed by atoms with Crippen LogP contribution in [0.4, 0.5) is 13.2 Å². The summed E-state index contributed by atoms with van der Waals surface area (Å²) in [5.74, 6) is -0.517. The Morgan fingerprint density at radius 1 is 1.26 bits per heavy atom. The summed E-state index contributed by atoms with van der Waals surface area (Å²) in [5.41, 5.74) is 0.358. The van der Waals surface area contributed by atoms with Gasteiger partial charge in [-0.05, 0) is 39.4 Å². The Labute approximate surface area is 177 Å². The SMILES string of the molecule is Cc1ccc(-c2cc(C(F)(F)F)n3ncc(C(=O)OC[C@@H]4CCCN(C)C4)c3n2)cc1. The number of ether oxygens (including phenoxy) is 1. The van der Waals surface area contributed by atoms with Crippen molar-refractivity contribution in [3.63, 3.8) is 0 Å². The molecule has 1 aliphatic heterocycles. The Morgan fingerprint density at radius 2 is 2.00 bits per heavy atom. The van der Waals surface area contributed by atoms with Crippen molar-refractivity contribution in [1.82, 2.24) is 19.5 Å². The topological polar surface area (TPSA) is 59.7 Å². The fraction of sp³-hybridized carbons (Fsp3) is 0.409. The number of carbonyl (C=O) groups excluding carboxylic acids is 1. The summed E-state index contributed by atoms with van der Waals surface area (Å²) in [6, 6.07) is 7.92. The van der Waals surface area contributed by atoms with Gasteiger partial charge in [0.15, 0.2) is 11.3 Å². The molecule has 0 saturated carbocycles. The monoisotopic (exact) mass is 432 g/mol. The largest absolute Gasteiger partial charge is 0.462 e. The van der Waals surface area contributed by atoms with Gasteiger partial charge in [0.1, 0.15) is 5.56 Å². The molecule has 31 heavy (non-hydrogen) atoms. The van der Waals surface area contributed by atoms with Gasteiger partial charge in [-0.15, -0.1) is 0 Å². The molecule has 4 rings (SSSR count). The van der Waals surface area contributed by atoms with Gasteiger partial charge in [0.2, 0.25) is 0 Å². The number of aromatic nitrogens is 3. The number of benzene rings is 1. The lowest BCUT2D eigenvalue weighted by molar-refractivity contribution is -0.142. The highest BCUT2D eigenvalue weighted by Gasteiger charge is 2.36. The number of halogens is 3. The molecule has 6 nitrogen and oxygen atoms in total. The van der Waals surface area contributed by atoms with Crippen molar-refractivity contribution < 1.29 is 22.7 Å². The Balaban J connectivity index is 1.68. The number of likely N-dealkylation sites (tertiary alicyclic amines) is 1. The van der Waals surface area contributed by atoms with Crippen LogP contribution in [-0.2, 0) is 10.9 Å². The first-order valence-electron chi connectivity index (χ1n) is 10.1. The van der Waals surface area contributed by atoms with Gasteiger partial charge in [0, 0.05) is 18.0 Å². The third-order valence-corrected chi connectivity index (χ3v) is 5.50. The number of hydrogen-bond donors (Lipinski definition) is 0. The molecule has 0 radical (unpaired) electrons. The number of fused-ring (bicyclic) bond motifs is 1. The van der Waals surface area contributed by atoms with Crippen molar-refractivity contribution >= 4 is 11.6 Å². The van der Waals surface area contributed by atoms with Gasteiger partial charge >= 0.3 is 12.1 Å². The van der Waals surface area contributed by atoms with Gasteiger partial charge in [-0.3, -0.25) is 0 Å². The van der Waals surface area contributed by atoms with E-state index in [9.17, 15) is 18.0 Å². The highest BCUT2D eigenvalue weighted by molar-refractivity contribution is 5.96. The molecule has 3 heterocycles. The van der Waals surface area contributed by atoms with Crippen molar-refractivity contribution in [3.05, 3.63) is 53.3 Å². The van der Waals surface area contributed by atoms with Crippen LogP contribution < -0.4 is 0 Å². The first kappa shape index (κ1) is 21.3. The van der Waals surface area contributed by atoms with Crippen LogP contribution in [0.1, 0.15) is 34.5 Å². The zero-order valence-electron chi connectivity index (χ0n) is 17.3. The highest BCUT2D eigenvalue weighted by Crippen LogP contribution is 2.33. The molecule has 0 spiro atoms. The number of carbonyl (C=O) groups is 1. The number of alkyl halides is 3. The van der Waals surface area contributed by atoms with Gasteiger partial charge < -0.3 is 9.64 Å². The zero-order valence-corrected chi connectivity index (χ0v) is 17.3. The average molecular weight is 432 g/mol. The van der Waals surface area contributed by atoms with Crippen LogP contribution in [0, 0.1) is 12.8 Å². The maximum Gasteiger partial charge on any atom is 0.433 e. The maximum absolute atomic E-state index is 13.7. The van der Waals surface area contributed by atoms with E-state index >= 15 is 0 Å². The van der Waals surface area contributed by atoms with Crippen LogP contribution in [0.3, 0.4) is 0 Å². The number of hydrogen-bond acceptors (Lipinski definition) is 5. The minimum atomic E-state index is -4.67. The molecule has 9 heteroatoms. The fourth-order valence-electron chi connectivity index (χ4n) is 3.86. The van der Waals surface area contributed by atoms with Crippen molar-refractivity contribution in [3.8, 4) is 11.3 Å². The van der Waals surface area contributed by atoms with Crippen LogP contribution in [0.2, 0.25) is 0 Å². The summed E-state index contributed by atoms with van der Waals surface area (Å²) in [7, 11) is 2.01. The van der Waals surface area contributed by atoms with Crippen molar-refractivity contribution in [2.75, 3.05) is 26.7 Å². The third kappa shape index (κ3) is 4.56. The number of esters is 1. The number of piperidine rings is 1. The molecule has 1 aliphatic rings. The summed E-state index contributed by atoms with van der Waals surface area (Å²) in [6.07, 6.45) is -1.61. The molecule has 2 aromatic heterocycles. The Kier molecular flexibility index (Phi) is 5.70. The molecule has 3 aromatic rings. The van der Waals surface area contributed by atoms with Gasteiger partial charge in [0.25, 0.3) is 0 Å². The van der Waals surface area contributed by atoms with Crippen LogP contribution in [0.5, 0.6) is 0 Å². The second-order valence-corrected chi connectivity index (χ2v) is 8.05. The fourth-order valence-corrected chi connectivity index (χ4v) is 3.86. The second kappa shape index (κ2) is 8.30. The van der Waals surface area contributed by atoms with E-state index in [1.807, 2.05) is 14.0 Å². The summed E-state index contributed by atoms with van der Waals surface area (Å²) < 4.78 is 47.2. The van der Waals surface area contributed by atoms with E-state index in [2.05, 4.69) is 15.0 Å². The number of rotatable bonds is 4. The van der Waals surface area contributed by atoms with E-state index in [-0.39, 0.29) is 29.4 Å². The Bertz CT molecular complexity index is 1090. The van der Waals surface area contributed by atoms with E-state index in [4.69, 9.17) is 4.74 Å². The van der Waals surface area contributed by atoms with Crippen LogP contribution in [0.15, 0.2) is 36.5 Å². The van der Waals surface area contributed by atoms with Gasteiger partial charge in [-0.1, -0.05) is 29.8 Å². The van der Waals surface area contributed by atoms with E-state index < -0.39 is 17.8 Å². The minimum Gasteiger partial charge on any atom is -0.462 e. The number of nitrogens with zero attached hydrogens (tertiary/aromatic N) is 4. The van der Waals surface area contributed by atoms with Gasteiger partial charge in [-0.25, -0.2) is 14.3 Å².